The monoisotopic (exact) mass is 475 g/mol. The molecule has 124 valence electrons. The smallest absolute Gasteiger partial charge is 0.288 e. The number of hydrogen-bond donors (Lipinski definition) is 2. The van der Waals surface area contributed by atoms with Gasteiger partial charge in [-0.3, -0.25) is 14.9 Å². The van der Waals surface area contributed by atoms with E-state index in [0.29, 0.717) is 14.5 Å². The molecule has 24 heavy (non-hydrogen) atoms. The van der Waals surface area contributed by atoms with Crippen LogP contribution in [0.5, 0.6) is 5.75 Å². The van der Waals surface area contributed by atoms with Crippen LogP contribution in [0.1, 0.15) is 15.9 Å². The summed E-state index contributed by atoms with van der Waals surface area (Å²) in [5, 5.41) is 24.4. The summed E-state index contributed by atoms with van der Waals surface area (Å²) in [4.78, 5) is 22.1. The molecule has 0 heterocycles. The number of carbonyl (C=O) groups excluding carboxylic acids is 1. The molecule has 2 N–H and O–H groups in total. The molecule has 2 aromatic rings. The first kappa shape index (κ1) is 18.4. The molecular formula is C14H8Br2ClN3O4. The molecule has 0 aliphatic heterocycles. The van der Waals surface area contributed by atoms with Crippen LogP contribution >= 0.6 is 43.5 Å². The lowest BCUT2D eigenvalue weighted by Gasteiger charge is -2.03. The summed E-state index contributed by atoms with van der Waals surface area (Å²) in [6.45, 7) is 0. The second kappa shape index (κ2) is 7.73. The van der Waals surface area contributed by atoms with Crippen LogP contribution in [0.15, 0.2) is 44.4 Å². The van der Waals surface area contributed by atoms with Crippen molar-refractivity contribution < 1.29 is 14.8 Å². The van der Waals surface area contributed by atoms with Crippen LogP contribution < -0.4 is 5.43 Å². The van der Waals surface area contributed by atoms with Crippen LogP contribution in [0.2, 0.25) is 5.02 Å². The van der Waals surface area contributed by atoms with Crippen LogP contribution in [-0.2, 0) is 0 Å². The number of hydrogen-bond acceptors (Lipinski definition) is 5. The van der Waals surface area contributed by atoms with Gasteiger partial charge in [-0.2, -0.15) is 5.10 Å². The number of amides is 1. The number of halogens is 3. The summed E-state index contributed by atoms with van der Waals surface area (Å²) >= 11 is 12.1. The van der Waals surface area contributed by atoms with Crippen molar-refractivity contribution in [2.75, 3.05) is 0 Å². The van der Waals surface area contributed by atoms with Gasteiger partial charge in [-0.1, -0.05) is 27.5 Å². The molecule has 1 amide bonds. The molecule has 10 heteroatoms. The molecule has 0 aliphatic carbocycles. The Morgan fingerprint density at radius 1 is 1.33 bits per heavy atom. The predicted octanol–water partition coefficient (Wildman–Crippen LogP) is 4.24. The van der Waals surface area contributed by atoms with Crippen molar-refractivity contribution in [3.05, 3.63) is 65.5 Å². The molecule has 7 nitrogen and oxygen atoms in total. The number of phenols is 1. The van der Waals surface area contributed by atoms with E-state index in [9.17, 15) is 20.0 Å². The lowest BCUT2D eigenvalue weighted by atomic mass is 10.2. The minimum absolute atomic E-state index is 0.0305. The quantitative estimate of drug-likeness (QED) is 0.390. The summed E-state index contributed by atoms with van der Waals surface area (Å²) in [5.41, 5.74) is 2.24. The van der Waals surface area contributed by atoms with Crippen molar-refractivity contribution >= 4 is 61.3 Å². The van der Waals surface area contributed by atoms with Crippen molar-refractivity contribution in [1.82, 2.24) is 5.43 Å². The zero-order valence-corrected chi connectivity index (χ0v) is 15.6. The van der Waals surface area contributed by atoms with E-state index in [1.54, 1.807) is 12.1 Å². The number of hydrazone groups is 1. The van der Waals surface area contributed by atoms with Gasteiger partial charge in [0.25, 0.3) is 11.6 Å². The van der Waals surface area contributed by atoms with E-state index >= 15 is 0 Å². The third-order valence-electron chi connectivity index (χ3n) is 2.83. The molecule has 2 rings (SSSR count). The SMILES string of the molecule is O=C(NN=Cc1cc(Br)cc(Br)c1O)c1ccc(Cl)c([N+](=O)[O-])c1. The van der Waals surface area contributed by atoms with E-state index in [-0.39, 0.29) is 22.0 Å². The Kier molecular flexibility index (Phi) is 5.92. The van der Waals surface area contributed by atoms with Gasteiger partial charge in [0.1, 0.15) is 10.8 Å². The summed E-state index contributed by atoms with van der Waals surface area (Å²) < 4.78 is 1.16. The van der Waals surface area contributed by atoms with Crippen LogP contribution in [0.3, 0.4) is 0 Å². The largest absolute Gasteiger partial charge is 0.506 e. The zero-order chi connectivity index (χ0) is 17.9. The highest BCUT2D eigenvalue weighted by molar-refractivity contribution is 9.11. The number of aromatic hydroxyl groups is 1. The Labute approximate surface area is 157 Å². The lowest BCUT2D eigenvalue weighted by Crippen LogP contribution is -2.17. The average molecular weight is 477 g/mol. The van der Waals surface area contributed by atoms with Crippen molar-refractivity contribution in [2.45, 2.75) is 0 Å². The fourth-order valence-electron chi connectivity index (χ4n) is 1.70. The third kappa shape index (κ3) is 4.31. The van der Waals surface area contributed by atoms with E-state index in [1.165, 1.54) is 18.3 Å². The Morgan fingerprint density at radius 3 is 2.71 bits per heavy atom. The Balaban J connectivity index is 2.17. The number of carbonyl (C=O) groups is 1. The molecule has 0 bridgehead atoms. The maximum atomic E-state index is 12.0. The van der Waals surface area contributed by atoms with E-state index in [0.717, 1.165) is 6.07 Å². The van der Waals surface area contributed by atoms with Gasteiger partial charge in [0, 0.05) is 21.7 Å². The van der Waals surface area contributed by atoms with Crippen molar-refractivity contribution in [3.8, 4) is 5.75 Å². The topological polar surface area (TPSA) is 105 Å². The van der Waals surface area contributed by atoms with E-state index < -0.39 is 10.8 Å². The minimum Gasteiger partial charge on any atom is -0.506 e. The number of nitro groups is 1. The summed E-state index contributed by atoms with van der Waals surface area (Å²) in [7, 11) is 0. The standard InChI is InChI=1S/C14H8Br2ClN3O4/c15-9-3-8(13(21)10(16)5-9)6-18-19-14(22)7-1-2-11(17)12(4-7)20(23)24/h1-6,21H,(H,19,22). The molecule has 0 fully saturated rings. The maximum Gasteiger partial charge on any atom is 0.288 e. The highest BCUT2D eigenvalue weighted by Gasteiger charge is 2.16. The van der Waals surface area contributed by atoms with E-state index in [1.807, 2.05) is 0 Å². The molecule has 0 spiro atoms. The molecular weight excluding hydrogens is 469 g/mol. The maximum absolute atomic E-state index is 12.0. The Morgan fingerprint density at radius 2 is 2.04 bits per heavy atom. The number of benzene rings is 2. The first-order valence-electron chi connectivity index (χ1n) is 6.25. The highest BCUT2D eigenvalue weighted by atomic mass is 79.9. The second-order valence-electron chi connectivity index (χ2n) is 4.45. The molecule has 0 aliphatic rings. The molecule has 2 aromatic carbocycles. The number of nitrogens with one attached hydrogen (secondary N) is 1. The molecule has 0 unspecified atom stereocenters. The fourth-order valence-corrected chi connectivity index (χ4v) is 3.15. The second-order valence-corrected chi connectivity index (χ2v) is 6.63. The van der Waals surface area contributed by atoms with Crippen LogP contribution in [0, 0.1) is 10.1 Å². The lowest BCUT2D eigenvalue weighted by molar-refractivity contribution is -0.384. The molecule has 0 saturated heterocycles. The van der Waals surface area contributed by atoms with Crippen LogP contribution in [0.4, 0.5) is 5.69 Å². The molecule has 0 radical (unpaired) electrons. The van der Waals surface area contributed by atoms with Crippen molar-refractivity contribution in [1.29, 1.82) is 0 Å². The normalized spacial score (nSPS) is 10.8. The van der Waals surface area contributed by atoms with Gasteiger partial charge >= 0.3 is 0 Å². The summed E-state index contributed by atoms with van der Waals surface area (Å²) in [6, 6.07) is 6.91. The predicted molar refractivity (Wildman–Crippen MR) is 96.7 cm³/mol. The first-order valence-corrected chi connectivity index (χ1v) is 8.21. The number of rotatable bonds is 4. The Bertz CT molecular complexity index is 858. The van der Waals surface area contributed by atoms with E-state index in [4.69, 9.17) is 11.6 Å². The number of nitro benzene ring substituents is 1. The van der Waals surface area contributed by atoms with Crippen LogP contribution in [0.25, 0.3) is 0 Å². The van der Waals surface area contributed by atoms with Gasteiger partial charge in [0.2, 0.25) is 0 Å². The van der Waals surface area contributed by atoms with Gasteiger partial charge in [-0.25, -0.2) is 5.43 Å². The average Bonchev–Trinajstić information content (AvgIpc) is 2.51. The molecule has 0 saturated carbocycles. The Hall–Kier alpha value is -1.97. The first-order chi connectivity index (χ1) is 11.3. The van der Waals surface area contributed by atoms with Gasteiger partial charge in [0.15, 0.2) is 0 Å². The highest BCUT2D eigenvalue weighted by Crippen LogP contribution is 2.30. The molecule has 0 atom stereocenters. The third-order valence-corrected chi connectivity index (χ3v) is 4.21. The summed E-state index contributed by atoms with van der Waals surface area (Å²) in [6.07, 6.45) is 1.24. The van der Waals surface area contributed by atoms with Gasteiger partial charge in [-0.15, -0.1) is 0 Å². The van der Waals surface area contributed by atoms with Crippen molar-refractivity contribution in [2.24, 2.45) is 5.10 Å². The number of phenolic OH excluding ortho intramolecular Hbond substituents is 1. The summed E-state index contributed by atoms with van der Waals surface area (Å²) in [5.74, 6) is -0.696. The minimum atomic E-state index is -0.681. The van der Waals surface area contributed by atoms with Gasteiger partial charge < -0.3 is 5.11 Å². The van der Waals surface area contributed by atoms with Gasteiger partial charge in [-0.05, 0) is 40.2 Å². The van der Waals surface area contributed by atoms with Crippen molar-refractivity contribution in [3.63, 3.8) is 0 Å². The fraction of sp³-hybridized carbons (Fsp3) is 0. The molecule has 0 aromatic heterocycles. The van der Waals surface area contributed by atoms with Crippen LogP contribution in [-0.4, -0.2) is 22.2 Å². The van der Waals surface area contributed by atoms with Gasteiger partial charge in [0.05, 0.1) is 15.6 Å². The number of nitrogens with zero attached hydrogens (tertiary/aromatic N) is 2. The zero-order valence-electron chi connectivity index (χ0n) is 11.7. The van der Waals surface area contributed by atoms with E-state index in [2.05, 4.69) is 42.4 Å².